The predicted molar refractivity (Wildman–Crippen MR) is 79.1 cm³/mol. The van der Waals surface area contributed by atoms with Gasteiger partial charge in [0.05, 0.1) is 6.54 Å². The quantitative estimate of drug-likeness (QED) is 0.906. The van der Waals surface area contributed by atoms with Gasteiger partial charge in [-0.2, -0.15) is 0 Å². The van der Waals surface area contributed by atoms with E-state index in [1.54, 1.807) is 11.3 Å². The first-order valence-electron chi connectivity index (χ1n) is 5.66. The number of hydrogen-bond acceptors (Lipinski definition) is 2. The molecule has 0 saturated carbocycles. The van der Waals surface area contributed by atoms with Gasteiger partial charge in [0, 0.05) is 14.9 Å². The molecule has 0 atom stereocenters. The molecular formula is C14H14BrNOS. The molecule has 1 aromatic carbocycles. The molecule has 0 unspecified atom stereocenters. The normalized spacial score (nSPS) is 10.4. The van der Waals surface area contributed by atoms with E-state index in [9.17, 15) is 4.79 Å². The van der Waals surface area contributed by atoms with E-state index in [0.29, 0.717) is 6.54 Å². The van der Waals surface area contributed by atoms with Gasteiger partial charge in [-0.05, 0) is 48.6 Å². The van der Waals surface area contributed by atoms with Crippen molar-refractivity contribution in [3.63, 3.8) is 0 Å². The molecule has 0 aliphatic carbocycles. The number of carbonyl (C=O) groups excluding carboxylic acids is 1. The van der Waals surface area contributed by atoms with Gasteiger partial charge < -0.3 is 5.32 Å². The van der Waals surface area contributed by atoms with Crippen LogP contribution in [0.1, 0.15) is 26.4 Å². The van der Waals surface area contributed by atoms with Crippen molar-refractivity contribution in [2.75, 3.05) is 0 Å². The second kappa shape index (κ2) is 5.67. The van der Waals surface area contributed by atoms with Crippen molar-refractivity contribution < 1.29 is 4.79 Å². The lowest BCUT2D eigenvalue weighted by Gasteiger charge is -2.08. The molecule has 2 rings (SSSR count). The summed E-state index contributed by atoms with van der Waals surface area (Å²) in [5, 5.41) is 5.00. The van der Waals surface area contributed by atoms with Gasteiger partial charge in [-0.1, -0.05) is 22.0 Å². The summed E-state index contributed by atoms with van der Waals surface area (Å²) in [4.78, 5) is 13.3. The zero-order valence-electron chi connectivity index (χ0n) is 10.3. The van der Waals surface area contributed by atoms with Gasteiger partial charge in [-0.25, -0.2) is 0 Å². The molecule has 2 aromatic rings. The van der Waals surface area contributed by atoms with Crippen LogP contribution in [0.15, 0.2) is 34.1 Å². The number of aryl methyl sites for hydroxylation is 1. The summed E-state index contributed by atoms with van der Waals surface area (Å²) >= 11 is 5.11. The zero-order chi connectivity index (χ0) is 13.1. The minimum atomic E-state index is -0.0263. The third kappa shape index (κ3) is 2.82. The molecule has 94 valence electrons. The molecule has 2 nitrogen and oxygen atoms in total. The average molecular weight is 324 g/mol. The van der Waals surface area contributed by atoms with Gasteiger partial charge in [-0.15, -0.1) is 11.3 Å². The number of benzene rings is 1. The van der Waals surface area contributed by atoms with Crippen LogP contribution in [0.5, 0.6) is 0 Å². The Morgan fingerprint density at radius 1 is 1.33 bits per heavy atom. The summed E-state index contributed by atoms with van der Waals surface area (Å²) in [6.07, 6.45) is 0. The Hall–Kier alpha value is -1.13. The topological polar surface area (TPSA) is 29.1 Å². The Labute approximate surface area is 119 Å². The third-order valence-electron chi connectivity index (χ3n) is 2.89. The Kier molecular flexibility index (Phi) is 4.19. The molecular weight excluding hydrogens is 310 g/mol. The SMILES string of the molecule is Cc1ccsc1CNC(=O)c1cccc(Br)c1C. The molecule has 1 amide bonds. The molecule has 0 saturated heterocycles. The largest absolute Gasteiger partial charge is 0.347 e. The van der Waals surface area contributed by atoms with Gasteiger partial charge in [0.1, 0.15) is 0 Å². The number of amides is 1. The summed E-state index contributed by atoms with van der Waals surface area (Å²) in [5.74, 6) is -0.0263. The lowest BCUT2D eigenvalue weighted by molar-refractivity contribution is 0.0950. The van der Waals surface area contributed by atoms with Crippen molar-refractivity contribution in [1.29, 1.82) is 0 Å². The molecule has 0 bridgehead atoms. The van der Waals surface area contributed by atoms with Crippen molar-refractivity contribution in [1.82, 2.24) is 5.32 Å². The molecule has 0 aliphatic rings. The zero-order valence-corrected chi connectivity index (χ0v) is 12.7. The van der Waals surface area contributed by atoms with Gasteiger partial charge in [-0.3, -0.25) is 4.79 Å². The number of rotatable bonds is 3. The summed E-state index contributed by atoms with van der Waals surface area (Å²) in [6.45, 7) is 4.59. The van der Waals surface area contributed by atoms with Gasteiger partial charge in [0.2, 0.25) is 0 Å². The minimum Gasteiger partial charge on any atom is -0.347 e. The second-order valence-corrected chi connectivity index (χ2v) is 5.98. The predicted octanol–water partition coefficient (Wildman–Crippen LogP) is 4.06. The highest BCUT2D eigenvalue weighted by Crippen LogP contribution is 2.20. The molecule has 0 fully saturated rings. The van der Waals surface area contributed by atoms with E-state index in [2.05, 4.69) is 34.2 Å². The van der Waals surface area contributed by atoms with Gasteiger partial charge in [0.25, 0.3) is 5.91 Å². The van der Waals surface area contributed by atoms with Gasteiger partial charge >= 0.3 is 0 Å². The first-order valence-corrected chi connectivity index (χ1v) is 7.33. The molecule has 0 spiro atoms. The van der Waals surface area contributed by atoms with E-state index in [0.717, 1.165) is 15.6 Å². The maximum absolute atomic E-state index is 12.1. The molecule has 18 heavy (non-hydrogen) atoms. The van der Waals surface area contributed by atoms with Crippen LogP contribution in [-0.4, -0.2) is 5.91 Å². The Morgan fingerprint density at radius 3 is 2.78 bits per heavy atom. The van der Waals surface area contributed by atoms with Crippen molar-refractivity contribution in [2.45, 2.75) is 20.4 Å². The van der Waals surface area contributed by atoms with Crippen LogP contribution in [0.2, 0.25) is 0 Å². The molecule has 0 radical (unpaired) electrons. The van der Waals surface area contributed by atoms with Crippen molar-refractivity contribution >= 4 is 33.2 Å². The fraction of sp³-hybridized carbons (Fsp3) is 0.214. The summed E-state index contributed by atoms with van der Waals surface area (Å²) in [5.41, 5.74) is 2.92. The molecule has 1 heterocycles. The molecule has 1 aromatic heterocycles. The van der Waals surface area contributed by atoms with Crippen molar-refractivity contribution in [3.8, 4) is 0 Å². The summed E-state index contributed by atoms with van der Waals surface area (Å²) < 4.78 is 0.961. The first kappa shape index (κ1) is 13.3. The fourth-order valence-corrected chi connectivity index (χ4v) is 2.91. The maximum Gasteiger partial charge on any atom is 0.251 e. The minimum absolute atomic E-state index is 0.0263. The maximum atomic E-state index is 12.1. The van der Waals surface area contributed by atoms with Crippen molar-refractivity contribution in [2.24, 2.45) is 0 Å². The second-order valence-electron chi connectivity index (χ2n) is 4.12. The average Bonchev–Trinajstić information content (AvgIpc) is 2.75. The standard InChI is InChI=1S/C14H14BrNOS/c1-9-6-7-18-13(9)8-16-14(17)11-4-3-5-12(15)10(11)2/h3-7H,8H2,1-2H3,(H,16,17). The van der Waals surface area contributed by atoms with Crippen LogP contribution in [0.25, 0.3) is 0 Å². The van der Waals surface area contributed by atoms with Crippen LogP contribution in [0, 0.1) is 13.8 Å². The van der Waals surface area contributed by atoms with E-state index in [1.807, 2.05) is 30.5 Å². The number of carbonyl (C=O) groups is 1. The van der Waals surface area contributed by atoms with Gasteiger partial charge in [0.15, 0.2) is 0 Å². The highest BCUT2D eigenvalue weighted by atomic mass is 79.9. The van der Waals surface area contributed by atoms with Crippen LogP contribution in [0.3, 0.4) is 0 Å². The molecule has 4 heteroatoms. The fourth-order valence-electron chi connectivity index (χ4n) is 1.69. The number of thiophene rings is 1. The van der Waals surface area contributed by atoms with Crippen LogP contribution in [0.4, 0.5) is 0 Å². The van der Waals surface area contributed by atoms with E-state index in [1.165, 1.54) is 10.4 Å². The summed E-state index contributed by atoms with van der Waals surface area (Å²) in [6, 6.07) is 7.73. The van der Waals surface area contributed by atoms with E-state index in [4.69, 9.17) is 0 Å². The Morgan fingerprint density at radius 2 is 2.11 bits per heavy atom. The lowest BCUT2D eigenvalue weighted by Crippen LogP contribution is -2.23. The first-order chi connectivity index (χ1) is 8.59. The third-order valence-corrected chi connectivity index (χ3v) is 4.77. The highest BCUT2D eigenvalue weighted by molar-refractivity contribution is 9.10. The van der Waals surface area contributed by atoms with E-state index < -0.39 is 0 Å². The Balaban J connectivity index is 2.09. The highest BCUT2D eigenvalue weighted by Gasteiger charge is 2.10. The smallest absolute Gasteiger partial charge is 0.251 e. The Bertz CT molecular complexity index is 577. The van der Waals surface area contributed by atoms with Crippen LogP contribution < -0.4 is 5.32 Å². The summed E-state index contributed by atoms with van der Waals surface area (Å²) in [7, 11) is 0. The number of hydrogen-bond donors (Lipinski definition) is 1. The molecule has 0 aliphatic heterocycles. The van der Waals surface area contributed by atoms with Crippen molar-refractivity contribution in [3.05, 3.63) is 55.7 Å². The van der Waals surface area contributed by atoms with Crippen LogP contribution >= 0.6 is 27.3 Å². The monoisotopic (exact) mass is 323 g/mol. The number of nitrogens with one attached hydrogen (secondary N) is 1. The van der Waals surface area contributed by atoms with Crippen LogP contribution in [-0.2, 0) is 6.54 Å². The van der Waals surface area contributed by atoms with E-state index >= 15 is 0 Å². The number of halogens is 1. The molecule has 1 N–H and O–H groups in total. The lowest BCUT2D eigenvalue weighted by atomic mass is 10.1. The van der Waals surface area contributed by atoms with E-state index in [-0.39, 0.29) is 5.91 Å².